The van der Waals surface area contributed by atoms with Gasteiger partial charge in [-0.3, -0.25) is 35.3 Å². The van der Waals surface area contributed by atoms with Crippen LogP contribution in [0, 0.1) is 10.1 Å². The van der Waals surface area contributed by atoms with Crippen LogP contribution in [0.4, 0.5) is 5.69 Å². The van der Waals surface area contributed by atoms with Crippen LogP contribution in [-0.2, 0) is 9.59 Å². The Morgan fingerprint density at radius 1 is 1.13 bits per heavy atom. The number of hydrogen-bond acceptors (Lipinski definition) is 5. The molecule has 0 heterocycles. The molecule has 1 rings (SSSR count). The highest BCUT2D eigenvalue weighted by Crippen LogP contribution is 2.24. The first-order valence-corrected chi connectivity index (χ1v) is 6.76. The number of nitrogens with zero attached hydrogens (tertiary/aromatic N) is 1. The van der Waals surface area contributed by atoms with Gasteiger partial charge in [0.2, 0.25) is 0 Å². The summed E-state index contributed by atoms with van der Waals surface area (Å²) in [5.41, 5.74) is 2.74. The molecule has 124 valence electrons. The average Bonchev–Trinajstić information content (AvgIpc) is 2.42. The largest absolute Gasteiger partial charge is 0.343 e. The van der Waals surface area contributed by atoms with Gasteiger partial charge in [-0.05, 0) is 32.9 Å². The molecule has 0 radical (unpaired) electrons. The van der Waals surface area contributed by atoms with Gasteiger partial charge in [-0.15, -0.1) is 0 Å². The van der Waals surface area contributed by atoms with Crippen LogP contribution in [0.25, 0.3) is 0 Å². The van der Waals surface area contributed by atoms with Crippen LogP contribution in [0.3, 0.4) is 0 Å². The number of hydrogen-bond donors (Lipinski definition) is 3. The van der Waals surface area contributed by atoms with Crippen molar-refractivity contribution in [2.45, 2.75) is 26.3 Å². The second-order valence-corrected chi connectivity index (χ2v) is 5.94. The Bertz CT molecular complexity index is 669. The molecule has 0 unspecified atom stereocenters. The highest BCUT2D eigenvalue weighted by molar-refractivity contribution is 6.35. The zero-order valence-electron chi connectivity index (χ0n) is 12.6. The monoisotopic (exact) mass is 342 g/mol. The second-order valence-electron chi connectivity index (χ2n) is 5.54. The summed E-state index contributed by atoms with van der Waals surface area (Å²) < 4.78 is 0. The number of hydrazine groups is 1. The molecule has 23 heavy (non-hydrogen) atoms. The topological polar surface area (TPSA) is 130 Å². The minimum Gasteiger partial charge on any atom is -0.343 e. The number of carbonyl (C=O) groups is 3. The molecule has 0 atom stereocenters. The quantitative estimate of drug-likeness (QED) is 0.418. The van der Waals surface area contributed by atoms with E-state index in [0.29, 0.717) is 0 Å². The van der Waals surface area contributed by atoms with Gasteiger partial charge in [0.15, 0.2) is 0 Å². The fourth-order valence-corrected chi connectivity index (χ4v) is 1.62. The summed E-state index contributed by atoms with van der Waals surface area (Å²) in [6, 6.07) is 3.38. The van der Waals surface area contributed by atoms with Crippen LogP contribution in [0.15, 0.2) is 18.2 Å². The van der Waals surface area contributed by atoms with Gasteiger partial charge in [0.25, 0.3) is 11.6 Å². The number of amides is 3. The Balaban J connectivity index is 2.71. The fraction of sp³-hybridized carbons (Fsp3) is 0.308. The van der Waals surface area contributed by atoms with Gasteiger partial charge in [-0.25, -0.2) is 0 Å². The van der Waals surface area contributed by atoms with Gasteiger partial charge >= 0.3 is 11.8 Å². The first kappa shape index (κ1) is 18.4. The zero-order chi connectivity index (χ0) is 17.8. The van der Waals surface area contributed by atoms with Gasteiger partial charge in [-0.1, -0.05) is 11.6 Å². The maximum Gasteiger partial charge on any atom is 0.327 e. The van der Waals surface area contributed by atoms with Crippen molar-refractivity contribution < 1.29 is 19.3 Å². The molecule has 3 amide bonds. The van der Waals surface area contributed by atoms with Crippen LogP contribution in [0.2, 0.25) is 5.02 Å². The first-order chi connectivity index (χ1) is 10.5. The van der Waals surface area contributed by atoms with E-state index in [0.717, 1.165) is 6.07 Å². The highest BCUT2D eigenvalue weighted by atomic mass is 35.5. The third-order valence-electron chi connectivity index (χ3n) is 2.39. The van der Waals surface area contributed by atoms with Crippen LogP contribution >= 0.6 is 11.6 Å². The number of benzene rings is 1. The highest BCUT2D eigenvalue weighted by Gasteiger charge is 2.21. The lowest BCUT2D eigenvalue weighted by Crippen LogP contribution is -2.52. The summed E-state index contributed by atoms with van der Waals surface area (Å²) in [5, 5.41) is 13.0. The van der Waals surface area contributed by atoms with Crippen molar-refractivity contribution in [3.63, 3.8) is 0 Å². The van der Waals surface area contributed by atoms with E-state index < -0.39 is 33.9 Å². The minimum atomic E-state index is -1.07. The average molecular weight is 343 g/mol. The number of nitrogens with one attached hydrogen (secondary N) is 3. The Hall–Kier alpha value is -2.68. The smallest absolute Gasteiger partial charge is 0.327 e. The van der Waals surface area contributed by atoms with E-state index in [-0.39, 0.29) is 10.6 Å². The van der Waals surface area contributed by atoms with Crippen molar-refractivity contribution in [1.29, 1.82) is 0 Å². The number of halogens is 1. The van der Waals surface area contributed by atoms with Crippen molar-refractivity contribution >= 4 is 35.0 Å². The van der Waals surface area contributed by atoms with Crippen molar-refractivity contribution in [3.8, 4) is 0 Å². The molecule has 0 bridgehead atoms. The van der Waals surface area contributed by atoms with Gasteiger partial charge in [0.05, 0.1) is 4.92 Å². The summed E-state index contributed by atoms with van der Waals surface area (Å²) in [6.07, 6.45) is 0. The second kappa shape index (κ2) is 7.05. The van der Waals surface area contributed by atoms with E-state index in [1.54, 1.807) is 20.8 Å². The molecule has 0 fully saturated rings. The summed E-state index contributed by atoms with van der Waals surface area (Å²) in [5.74, 6) is -2.83. The summed E-state index contributed by atoms with van der Waals surface area (Å²) in [7, 11) is 0. The van der Waals surface area contributed by atoms with Crippen LogP contribution in [-0.4, -0.2) is 28.2 Å². The molecule has 0 saturated carbocycles. The molecule has 0 aliphatic heterocycles. The van der Waals surface area contributed by atoms with E-state index in [1.807, 2.05) is 10.9 Å². The number of rotatable bonds is 2. The van der Waals surface area contributed by atoms with E-state index >= 15 is 0 Å². The normalized spacial score (nSPS) is 10.6. The molecule has 1 aromatic rings. The lowest BCUT2D eigenvalue weighted by Gasteiger charge is -2.19. The van der Waals surface area contributed by atoms with Crippen molar-refractivity contribution in [2.24, 2.45) is 0 Å². The molecular weight excluding hydrogens is 328 g/mol. The standard InChI is InChI=1S/C13H15ClN4O5/c1-13(2,3)15-11(20)12(21)17-16-10(19)7-4-5-8(14)9(6-7)18(22)23/h4-6H,1-3H3,(H,15,20)(H,16,19)(H,17,21). The molecule has 9 nitrogen and oxygen atoms in total. The zero-order valence-corrected chi connectivity index (χ0v) is 13.4. The maximum atomic E-state index is 11.8. The summed E-state index contributed by atoms with van der Waals surface area (Å²) in [4.78, 5) is 44.9. The van der Waals surface area contributed by atoms with E-state index in [9.17, 15) is 24.5 Å². The number of nitro benzene ring substituents is 1. The number of nitro groups is 1. The Labute approximate surface area is 136 Å². The van der Waals surface area contributed by atoms with Crippen LogP contribution in [0.1, 0.15) is 31.1 Å². The molecule has 1 aromatic carbocycles. The number of carbonyl (C=O) groups excluding carboxylic acids is 3. The Kier molecular flexibility index (Phi) is 5.63. The van der Waals surface area contributed by atoms with E-state index in [4.69, 9.17) is 11.6 Å². The van der Waals surface area contributed by atoms with Gasteiger partial charge in [-0.2, -0.15) is 0 Å². The Morgan fingerprint density at radius 2 is 1.74 bits per heavy atom. The van der Waals surface area contributed by atoms with E-state index in [2.05, 4.69) is 5.32 Å². The van der Waals surface area contributed by atoms with Crippen molar-refractivity contribution in [3.05, 3.63) is 38.9 Å². The predicted octanol–water partition coefficient (Wildman–Crippen LogP) is 0.924. The molecule has 0 spiro atoms. The molecule has 0 aliphatic rings. The van der Waals surface area contributed by atoms with E-state index in [1.165, 1.54) is 12.1 Å². The fourth-order valence-electron chi connectivity index (χ4n) is 1.43. The third kappa shape index (κ3) is 5.55. The summed E-state index contributed by atoms with van der Waals surface area (Å²) in [6.45, 7) is 5.05. The maximum absolute atomic E-state index is 11.8. The van der Waals surface area contributed by atoms with Crippen LogP contribution < -0.4 is 16.2 Å². The van der Waals surface area contributed by atoms with Gasteiger partial charge in [0, 0.05) is 17.2 Å². The molecule has 0 aliphatic carbocycles. The van der Waals surface area contributed by atoms with Crippen molar-refractivity contribution in [2.75, 3.05) is 0 Å². The molecule has 3 N–H and O–H groups in total. The molecular formula is C13H15ClN4O5. The van der Waals surface area contributed by atoms with Gasteiger partial charge in [0.1, 0.15) is 5.02 Å². The lowest BCUT2D eigenvalue weighted by atomic mass is 10.1. The molecule has 0 aromatic heterocycles. The molecule has 10 heteroatoms. The predicted molar refractivity (Wildman–Crippen MR) is 81.6 cm³/mol. The first-order valence-electron chi connectivity index (χ1n) is 6.38. The van der Waals surface area contributed by atoms with Crippen LogP contribution in [0.5, 0.6) is 0 Å². The SMILES string of the molecule is CC(C)(C)NC(=O)C(=O)NNC(=O)c1ccc(Cl)c([N+](=O)[O-])c1. The minimum absolute atomic E-state index is 0.0994. The Morgan fingerprint density at radius 3 is 2.26 bits per heavy atom. The van der Waals surface area contributed by atoms with Crippen molar-refractivity contribution in [1.82, 2.24) is 16.2 Å². The molecule has 0 saturated heterocycles. The summed E-state index contributed by atoms with van der Waals surface area (Å²) >= 11 is 5.63. The third-order valence-corrected chi connectivity index (χ3v) is 2.71. The lowest BCUT2D eigenvalue weighted by molar-refractivity contribution is -0.384. The van der Waals surface area contributed by atoms with Gasteiger partial charge < -0.3 is 5.32 Å².